The summed E-state index contributed by atoms with van der Waals surface area (Å²) in [6.45, 7) is 2.12. The molecule has 22 heavy (non-hydrogen) atoms. The van der Waals surface area contributed by atoms with E-state index < -0.39 is 10.0 Å². The normalized spacial score (nSPS) is 11.7. The summed E-state index contributed by atoms with van der Waals surface area (Å²) >= 11 is 3.13. The van der Waals surface area contributed by atoms with E-state index in [9.17, 15) is 8.42 Å². The first-order chi connectivity index (χ1) is 10.6. The minimum atomic E-state index is -3.55. The molecule has 3 heterocycles. The summed E-state index contributed by atoms with van der Waals surface area (Å²) in [5, 5.41) is 2.92. The van der Waals surface area contributed by atoms with Gasteiger partial charge in [0.05, 0.1) is 10.6 Å². The van der Waals surface area contributed by atoms with Crippen LogP contribution in [0.5, 0.6) is 0 Å². The molecule has 8 heteroatoms. The van der Waals surface area contributed by atoms with Crippen LogP contribution < -0.4 is 4.72 Å². The molecule has 0 unspecified atom stereocenters. The summed E-state index contributed by atoms with van der Waals surface area (Å²) in [7, 11) is -3.55. The van der Waals surface area contributed by atoms with E-state index in [4.69, 9.17) is 0 Å². The molecule has 1 N–H and O–H groups in total. The van der Waals surface area contributed by atoms with Crippen LogP contribution in [0.15, 0.2) is 46.9 Å². The molecular formula is C14H13N3O2S3. The Labute approximate surface area is 136 Å². The first kappa shape index (κ1) is 15.3. The van der Waals surface area contributed by atoms with E-state index in [2.05, 4.69) is 14.7 Å². The summed E-state index contributed by atoms with van der Waals surface area (Å²) < 4.78 is 27.0. The monoisotopic (exact) mass is 351 g/mol. The summed E-state index contributed by atoms with van der Waals surface area (Å²) in [6, 6.07) is 7.10. The van der Waals surface area contributed by atoms with Crippen molar-refractivity contribution in [1.82, 2.24) is 14.7 Å². The van der Waals surface area contributed by atoms with Crippen molar-refractivity contribution < 1.29 is 8.42 Å². The van der Waals surface area contributed by atoms with E-state index in [0.717, 1.165) is 20.5 Å². The molecule has 0 bridgehead atoms. The molecule has 5 nitrogen and oxygen atoms in total. The van der Waals surface area contributed by atoms with Gasteiger partial charge in [0, 0.05) is 23.8 Å². The van der Waals surface area contributed by atoms with Crippen LogP contribution in [0.25, 0.3) is 9.88 Å². The Balaban J connectivity index is 1.77. The van der Waals surface area contributed by atoms with Crippen molar-refractivity contribution in [2.45, 2.75) is 18.4 Å². The Morgan fingerprint density at radius 1 is 1.27 bits per heavy atom. The average molecular weight is 351 g/mol. The molecule has 0 spiro atoms. The van der Waals surface area contributed by atoms with Crippen molar-refractivity contribution in [2.75, 3.05) is 0 Å². The molecular weight excluding hydrogens is 338 g/mol. The second-order valence-electron chi connectivity index (χ2n) is 4.52. The molecule has 0 atom stereocenters. The van der Waals surface area contributed by atoms with Crippen molar-refractivity contribution in [3.05, 3.63) is 52.6 Å². The largest absolute Gasteiger partial charge is 0.263 e. The molecule has 0 amide bonds. The van der Waals surface area contributed by atoms with Crippen molar-refractivity contribution in [3.63, 3.8) is 0 Å². The molecule has 0 fully saturated rings. The van der Waals surface area contributed by atoms with Gasteiger partial charge in [-0.2, -0.15) is 0 Å². The van der Waals surface area contributed by atoms with Crippen LogP contribution in [0.4, 0.5) is 0 Å². The maximum atomic E-state index is 12.2. The van der Waals surface area contributed by atoms with Gasteiger partial charge in [0.15, 0.2) is 0 Å². The maximum Gasteiger partial charge on any atom is 0.242 e. The van der Waals surface area contributed by atoms with Crippen LogP contribution in [0.3, 0.4) is 0 Å². The number of aryl methyl sites for hydroxylation is 1. The lowest BCUT2D eigenvalue weighted by atomic mass is 10.4. The van der Waals surface area contributed by atoms with E-state index in [0.29, 0.717) is 0 Å². The van der Waals surface area contributed by atoms with Gasteiger partial charge < -0.3 is 0 Å². The lowest BCUT2D eigenvalue weighted by molar-refractivity contribution is 0.581. The highest BCUT2D eigenvalue weighted by Gasteiger charge is 2.16. The Kier molecular flexibility index (Phi) is 4.34. The standard InChI is InChI=1S/C14H13N3O2S3/c1-10-13(21-14(17-10)12-5-3-7-20-12)9-16-22(18,19)11-4-2-6-15-8-11/h2-8,16H,9H2,1H3. The van der Waals surface area contributed by atoms with Crippen molar-refractivity contribution >= 4 is 32.7 Å². The van der Waals surface area contributed by atoms with E-state index in [1.54, 1.807) is 23.6 Å². The predicted octanol–water partition coefficient (Wildman–Crippen LogP) is 3.05. The SMILES string of the molecule is Cc1nc(-c2cccs2)sc1CNS(=O)(=O)c1cccnc1. The van der Waals surface area contributed by atoms with Gasteiger partial charge >= 0.3 is 0 Å². The fourth-order valence-electron chi connectivity index (χ4n) is 1.85. The minimum absolute atomic E-state index is 0.163. The number of thiophene rings is 1. The van der Waals surface area contributed by atoms with Gasteiger partial charge in [0.1, 0.15) is 9.90 Å². The van der Waals surface area contributed by atoms with Gasteiger partial charge in [0.25, 0.3) is 0 Å². The lowest BCUT2D eigenvalue weighted by Gasteiger charge is -2.05. The lowest BCUT2D eigenvalue weighted by Crippen LogP contribution is -2.23. The number of hydrogen-bond donors (Lipinski definition) is 1. The molecule has 0 saturated carbocycles. The second kappa shape index (κ2) is 6.25. The van der Waals surface area contributed by atoms with Crippen LogP contribution >= 0.6 is 22.7 Å². The van der Waals surface area contributed by atoms with Crippen LogP contribution in [-0.2, 0) is 16.6 Å². The fraction of sp³-hybridized carbons (Fsp3) is 0.143. The minimum Gasteiger partial charge on any atom is -0.263 e. The zero-order chi connectivity index (χ0) is 15.6. The van der Waals surface area contributed by atoms with Gasteiger partial charge in [-0.1, -0.05) is 6.07 Å². The molecule has 0 aliphatic carbocycles. The zero-order valence-corrected chi connectivity index (χ0v) is 14.1. The van der Waals surface area contributed by atoms with Gasteiger partial charge in [-0.05, 0) is 30.5 Å². The highest BCUT2D eigenvalue weighted by atomic mass is 32.2. The zero-order valence-electron chi connectivity index (χ0n) is 11.7. The molecule has 0 aliphatic heterocycles. The molecule has 3 aromatic rings. The quantitative estimate of drug-likeness (QED) is 0.767. The van der Waals surface area contributed by atoms with E-state index >= 15 is 0 Å². The summed E-state index contributed by atoms with van der Waals surface area (Å²) in [4.78, 5) is 10.5. The Morgan fingerprint density at radius 3 is 2.82 bits per heavy atom. The van der Waals surface area contributed by atoms with Gasteiger partial charge in [-0.15, -0.1) is 22.7 Å². The first-order valence-electron chi connectivity index (χ1n) is 6.46. The summed E-state index contributed by atoms with van der Waals surface area (Å²) in [6.07, 6.45) is 2.87. The average Bonchev–Trinajstić information content (AvgIpc) is 3.16. The predicted molar refractivity (Wildman–Crippen MR) is 88.4 cm³/mol. The van der Waals surface area contributed by atoms with Crippen molar-refractivity contribution in [1.29, 1.82) is 0 Å². The van der Waals surface area contributed by atoms with Crippen LogP contribution in [0, 0.1) is 6.92 Å². The van der Waals surface area contributed by atoms with Crippen LogP contribution in [-0.4, -0.2) is 18.4 Å². The molecule has 0 aliphatic rings. The number of aromatic nitrogens is 2. The number of rotatable bonds is 5. The molecule has 3 aromatic heterocycles. The van der Waals surface area contributed by atoms with Gasteiger partial charge in [-0.3, -0.25) is 4.98 Å². The maximum absolute atomic E-state index is 12.2. The third-order valence-electron chi connectivity index (χ3n) is 2.99. The number of pyridine rings is 1. The molecule has 114 valence electrons. The van der Waals surface area contributed by atoms with Crippen molar-refractivity contribution in [3.8, 4) is 9.88 Å². The number of thiazole rings is 1. The summed E-state index contributed by atoms with van der Waals surface area (Å²) in [5.41, 5.74) is 0.849. The fourth-order valence-corrected chi connectivity index (χ4v) is 4.70. The Hall–Kier alpha value is -1.61. The highest BCUT2D eigenvalue weighted by Crippen LogP contribution is 2.31. The summed E-state index contributed by atoms with van der Waals surface area (Å²) in [5.74, 6) is 0. The second-order valence-corrected chi connectivity index (χ2v) is 8.32. The Morgan fingerprint density at radius 2 is 2.14 bits per heavy atom. The smallest absolute Gasteiger partial charge is 0.242 e. The topological polar surface area (TPSA) is 72.0 Å². The number of nitrogens with zero attached hydrogens (tertiary/aromatic N) is 2. The third-order valence-corrected chi connectivity index (χ3v) is 6.58. The van der Waals surface area contributed by atoms with E-state index in [1.165, 1.54) is 23.6 Å². The Bertz CT molecular complexity index is 856. The number of hydrogen-bond acceptors (Lipinski definition) is 6. The molecule has 0 aromatic carbocycles. The van der Waals surface area contributed by atoms with E-state index in [-0.39, 0.29) is 11.4 Å². The van der Waals surface area contributed by atoms with E-state index in [1.807, 2.05) is 24.4 Å². The molecule has 0 saturated heterocycles. The van der Waals surface area contributed by atoms with Crippen LogP contribution in [0.1, 0.15) is 10.6 Å². The first-order valence-corrected chi connectivity index (χ1v) is 9.64. The molecule has 0 radical (unpaired) electrons. The molecule has 3 rings (SSSR count). The van der Waals surface area contributed by atoms with Crippen molar-refractivity contribution in [2.24, 2.45) is 0 Å². The van der Waals surface area contributed by atoms with Crippen LogP contribution in [0.2, 0.25) is 0 Å². The highest BCUT2D eigenvalue weighted by molar-refractivity contribution is 7.89. The van der Waals surface area contributed by atoms with Gasteiger partial charge in [0.2, 0.25) is 10.0 Å². The number of sulfonamides is 1. The van der Waals surface area contributed by atoms with Gasteiger partial charge in [-0.25, -0.2) is 18.1 Å². The third kappa shape index (κ3) is 3.25. The number of nitrogens with one attached hydrogen (secondary N) is 1.